The molecule has 0 radical (unpaired) electrons. The van der Waals surface area contributed by atoms with Crippen molar-refractivity contribution in [1.29, 1.82) is 0 Å². The van der Waals surface area contributed by atoms with E-state index in [4.69, 9.17) is 9.47 Å². The molecule has 0 aromatic heterocycles. The van der Waals surface area contributed by atoms with Crippen molar-refractivity contribution in [3.8, 4) is 11.5 Å². The highest BCUT2D eigenvalue weighted by atomic mass is 16.6. The lowest BCUT2D eigenvalue weighted by atomic mass is 9.49. The smallest absolute Gasteiger partial charge is 0.269 e. The van der Waals surface area contributed by atoms with Gasteiger partial charge in [0, 0.05) is 23.1 Å². The van der Waals surface area contributed by atoms with Gasteiger partial charge in [0.2, 0.25) is 5.91 Å². The van der Waals surface area contributed by atoms with Crippen LogP contribution in [0.25, 0.3) is 0 Å². The molecule has 188 valence electrons. The van der Waals surface area contributed by atoms with E-state index >= 15 is 0 Å². The van der Waals surface area contributed by atoms with Gasteiger partial charge in [-0.3, -0.25) is 25.2 Å². The Morgan fingerprint density at radius 1 is 0.750 bits per heavy atom. The molecule has 0 atom stereocenters. The maximum atomic E-state index is 13.2. The van der Waals surface area contributed by atoms with Gasteiger partial charge in [-0.1, -0.05) is 12.1 Å². The normalized spacial score (nSPS) is 27.3. The molecule has 0 spiro atoms. The third-order valence-electron chi connectivity index (χ3n) is 8.28. The number of benzene rings is 2. The molecule has 8 nitrogen and oxygen atoms in total. The molecule has 0 unspecified atom stereocenters. The Morgan fingerprint density at radius 3 is 1.94 bits per heavy atom. The molecule has 2 aromatic carbocycles. The van der Waals surface area contributed by atoms with Crippen molar-refractivity contribution < 1.29 is 23.9 Å². The molecule has 1 aliphatic heterocycles. The van der Waals surface area contributed by atoms with Crippen LogP contribution in [0.2, 0.25) is 0 Å². The van der Waals surface area contributed by atoms with Gasteiger partial charge in [-0.15, -0.1) is 0 Å². The molecular weight excluding hydrogens is 458 g/mol. The Hall–Kier alpha value is -3.55. The fourth-order valence-corrected chi connectivity index (χ4v) is 6.98. The summed E-state index contributed by atoms with van der Waals surface area (Å²) in [4.78, 5) is 38.1. The third kappa shape index (κ3) is 4.40. The minimum Gasteiger partial charge on any atom is -0.486 e. The van der Waals surface area contributed by atoms with Crippen LogP contribution in [-0.2, 0) is 11.3 Å². The summed E-state index contributed by atoms with van der Waals surface area (Å²) in [5.74, 6) is 2.61. The predicted octanol–water partition coefficient (Wildman–Crippen LogP) is 3.37. The molecule has 4 fully saturated rings. The summed E-state index contributed by atoms with van der Waals surface area (Å²) in [5, 5.41) is 3.17. The van der Waals surface area contributed by atoms with E-state index in [9.17, 15) is 14.4 Å². The Balaban J connectivity index is 1.00. The van der Waals surface area contributed by atoms with Gasteiger partial charge in [0.05, 0.1) is 0 Å². The number of carbonyl (C=O) groups is 3. The van der Waals surface area contributed by atoms with Gasteiger partial charge in [-0.25, -0.2) is 0 Å². The van der Waals surface area contributed by atoms with Gasteiger partial charge in [-0.2, -0.15) is 0 Å². The van der Waals surface area contributed by atoms with Crippen LogP contribution < -0.4 is 25.6 Å². The minimum atomic E-state index is -0.454. The zero-order chi connectivity index (χ0) is 24.7. The first kappa shape index (κ1) is 22.9. The molecule has 7 rings (SSSR count). The lowest BCUT2D eigenvalue weighted by Crippen LogP contribution is -2.53. The summed E-state index contributed by atoms with van der Waals surface area (Å²) in [6.45, 7) is 1.35. The summed E-state index contributed by atoms with van der Waals surface area (Å²) in [6, 6.07) is 11.9. The van der Waals surface area contributed by atoms with Crippen LogP contribution in [0.1, 0.15) is 64.8 Å². The highest BCUT2D eigenvalue weighted by Gasteiger charge is 2.54. The van der Waals surface area contributed by atoms with E-state index in [-0.39, 0.29) is 11.3 Å². The zero-order valence-corrected chi connectivity index (χ0v) is 20.2. The Labute approximate surface area is 210 Å². The number of rotatable bonds is 5. The number of hydrogen-bond acceptors (Lipinski definition) is 5. The van der Waals surface area contributed by atoms with E-state index in [1.807, 2.05) is 12.1 Å². The number of ether oxygens (including phenoxy) is 2. The fraction of sp³-hybridized carbons (Fsp3) is 0.464. The van der Waals surface area contributed by atoms with Crippen LogP contribution in [0.5, 0.6) is 11.5 Å². The van der Waals surface area contributed by atoms with Gasteiger partial charge in [-0.05, 0) is 92.2 Å². The average molecular weight is 490 g/mol. The number of hydrazine groups is 1. The van der Waals surface area contributed by atoms with Crippen molar-refractivity contribution in [3.05, 3.63) is 59.2 Å². The maximum absolute atomic E-state index is 13.2. The fourth-order valence-electron chi connectivity index (χ4n) is 6.98. The lowest BCUT2D eigenvalue weighted by molar-refractivity contribution is -0.146. The standard InChI is InChI=1S/C28H31N3O5/c32-25(30-31-26(33)22-5-6-23-24(12-22)36-8-7-35-23)21-3-1-17(2-4-21)16-29-27(34)28-13-18-9-19(14-28)11-20(10-18)15-28/h1-6,12,18-20H,7-11,13-16H2,(H,29,34)(H,30,32)(H,31,33). The van der Waals surface area contributed by atoms with Crippen LogP contribution in [0.4, 0.5) is 0 Å². The van der Waals surface area contributed by atoms with Crippen molar-refractivity contribution in [3.63, 3.8) is 0 Å². The summed E-state index contributed by atoms with van der Waals surface area (Å²) >= 11 is 0. The second-order valence-electron chi connectivity index (χ2n) is 10.8. The van der Waals surface area contributed by atoms with Crippen LogP contribution in [0, 0.1) is 23.2 Å². The molecule has 3 amide bonds. The Kier molecular flexibility index (Phi) is 5.82. The number of fused-ring (bicyclic) bond motifs is 1. The van der Waals surface area contributed by atoms with Crippen LogP contribution >= 0.6 is 0 Å². The van der Waals surface area contributed by atoms with Crippen LogP contribution in [0.3, 0.4) is 0 Å². The number of carbonyl (C=O) groups excluding carboxylic acids is 3. The molecule has 4 bridgehead atoms. The number of amides is 3. The summed E-state index contributed by atoms with van der Waals surface area (Å²) < 4.78 is 11.0. The molecule has 36 heavy (non-hydrogen) atoms. The Bertz CT molecular complexity index is 1160. The van der Waals surface area contributed by atoms with Crippen molar-refractivity contribution >= 4 is 17.7 Å². The molecule has 4 aliphatic carbocycles. The topological polar surface area (TPSA) is 106 Å². The van der Waals surface area contributed by atoms with Crippen molar-refractivity contribution in [2.24, 2.45) is 23.2 Å². The second-order valence-corrected chi connectivity index (χ2v) is 10.8. The van der Waals surface area contributed by atoms with E-state index in [0.717, 1.165) is 42.6 Å². The van der Waals surface area contributed by atoms with Gasteiger partial charge in [0.25, 0.3) is 11.8 Å². The quantitative estimate of drug-likeness (QED) is 0.559. The average Bonchev–Trinajstić information content (AvgIpc) is 2.89. The van der Waals surface area contributed by atoms with Crippen molar-refractivity contribution in [2.75, 3.05) is 13.2 Å². The zero-order valence-electron chi connectivity index (χ0n) is 20.2. The molecule has 2 aromatic rings. The van der Waals surface area contributed by atoms with E-state index in [1.165, 1.54) is 19.3 Å². The molecule has 4 saturated carbocycles. The molecule has 3 N–H and O–H groups in total. The molecular formula is C28H31N3O5. The van der Waals surface area contributed by atoms with Gasteiger partial charge in [0.15, 0.2) is 11.5 Å². The van der Waals surface area contributed by atoms with Gasteiger partial charge < -0.3 is 14.8 Å². The summed E-state index contributed by atoms with van der Waals surface area (Å²) in [5.41, 5.74) is 6.41. The van der Waals surface area contributed by atoms with Gasteiger partial charge >= 0.3 is 0 Å². The number of nitrogens with one attached hydrogen (secondary N) is 3. The van der Waals surface area contributed by atoms with E-state index < -0.39 is 11.8 Å². The molecule has 1 heterocycles. The van der Waals surface area contributed by atoms with Crippen molar-refractivity contribution in [1.82, 2.24) is 16.2 Å². The molecule has 5 aliphatic rings. The largest absolute Gasteiger partial charge is 0.486 e. The number of hydrogen-bond donors (Lipinski definition) is 3. The highest BCUT2D eigenvalue weighted by molar-refractivity contribution is 5.99. The second kappa shape index (κ2) is 9.15. The first-order valence-electron chi connectivity index (χ1n) is 12.8. The van der Waals surface area contributed by atoms with Crippen LogP contribution in [-0.4, -0.2) is 30.9 Å². The van der Waals surface area contributed by atoms with Crippen molar-refractivity contribution in [2.45, 2.75) is 45.1 Å². The lowest BCUT2D eigenvalue weighted by Gasteiger charge is -2.55. The van der Waals surface area contributed by atoms with Gasteiger partial charge in [0.1, 0.15) is 13.2 Å². The van der Waals surface area contributed by atoms with E-state index in [2.05, 4.69) is 16.2 Å². The van der Waals surface area contributed by atoms with E-state index in [1.54, 1.807) is 30.3 Å². The highest BCUT2D eigenvalue weighted by Crippen LogP contribution is 2.60. The molecule has 8 heteroatoms. The maximum Gasteiger partial charge on any atom is 0.269 e. The van der Waals surface area contributed by atoms with E-state index in [0.29, 0.717) is 42.4 Å². The minimum absolute atomic E-state index is 0.163. The SMILES string of the molecule is O=C(NNC(=O)c1ccc2c(c1)OCCO2)c1ccc(CNC(=O)C23CC4CC(CC(C4)C2)C3)cc1. The third-order valence-corrected chi connectivity index (χ3v) is 8.28. The van der Waals surface area contributed by atoms with Crippen LogP contribution in [0.15, 0.2) is 42.5 Å². The first-order chi connectivity index (χ1) is 17.5. The predicted molar refractivity (Wildman–Crippen MR) is 131 cm³/mol. The first-order valence-corrected chi connectivity index (χ1v) is 12.8. The summed E-state index contributed by atoms with van der Waals surface area (Å²) in [6.07, 6.45) is 7.07. The molecule has 0 saturated heterocycles. The summed E-state index contributed by atoms with van der Waals surface area (Å²) in [7, 11) is 0. The monoisotopic (exact) mass is 489 g/mol. The Morgan fingerprint density at radius 2 is 1.31 bits per heavy atom.